The van der Waals surface area contributed by atoms with Crippen LogP contribution >= 0.6 is 0 Å². The summed E-state index contributed by atoms with van der Waals surface area (Å²) in [6, 6.07) is 0. The molecule has 0 rings (SSSR count). The van der Waals surface area contributed by atoms with Crippen molar-refractivity contribution in [2.24, 2.45) is 0 Å². The van der Waals surface area contributed by atoms with Gasteiger partial charge in [-0.05, 0) is 0 Å². The van der Waals surface area contributed by atoms with E-state index in [4.69, 9.17) is 35.0 Å². The number of rotatable bonds is 0. The van der Waals surface area contributed by atoms with E-state index in [9.17, 15) is 0 Å². The third-order valence-corrected chi connectivity index (χ3v) is 0. The minimum Gasteiger partial charge on any atom is -0.759 e. The summed E-state index contributed by atoms with van der Waals surface area (Å²) in [6.07, 6.45) is 0. The number of hydrogen-bond acceptors (Lipinski definition) is 8. The molecule has 0 radical (unpaired) electrons. The average molecular weight is 278 g/mol. The predicted octanol–water partition coefficient (Wildman–Crippen LogP) is -7.70. The fourth-order valence-electron chi connectivity index (χ4n) is 0. The fraction of sp³-hybridized carbons (Fsp3) is 0. The zero-order valence-electron chi connectivity index (χ0n) is 6.66. The first-order chi connectivity index (χ1) is 4.00. The second kappa shape index (κ2) is 14.2. The monoisotopic (exact) mass is 278 g/mol. The van der Waals surface area contributed by atoms with Crippen LogP contribution < -0.4 is 29.6 Å². The van der Waals surface area contributed by atoms with Gasteiger partial charge in [-0.25, -0.2) is 0 Å². The van der Waals surface area contributed by atoms with Gasteiger partial charge in [-0.15, -0.1) is 0 Å². The van der Waals surface area contributed by atoms with E-state index in [1.165, 1.54) is 0 Å². The van der Waals surface area contributed by atoms with Crippen molar-refractivity contribution >= 4 is 38.2 Å². The number of hydrogen-bond donors (Lipinski definition) is 0. The first-order valence-corrected chi connectivity index (χ1v) is 4.00. The van der Waals surface area contributed by atoms with Crippen molar-refractivity contribution < 1.29 is 75.6 Å². The maximum absolute atomic E-state index is 8.52. The van der Waals surface area contributed by atoms with Crippen molar-refractivity contribution in [3.05, 3.63) is 0 Å². The van der Waals surface area contributed by atoms with Gasteiger partial charge in [0, 0.05) is 20.8 Å². The van der Waals surface area contributed by atoms with E-state index in [0.29, 0.717) is 0 Å². The summed E-state index contributed by atoms with van der Waals surface area (Å²) < 4.78 is 68.2. The van der Waals surface area contributed by atoms with Crippen molar-refractivity contribution in [1.29, 1.82) is 0 Å². The van der Waals surface area contributed by atoms with Gasteiger partial charge in [0.1, 0.15) is 0 Å². The van der Waals surface area contributed by atoms with Gasteiger partial charge in [0.15, 0.2) is 0 Å². The van der Waals surface area contributed by atoms with Crippen molar-refractivity contribution in [2.45, 2.75) is 0 Å². The van der Waals surface area contributed by atoms with Gasteiger partial charge in [0.2, 0.25) is 0 Å². The summed E-state index contributed by atoms with van der Waals surface area (Å²) in [5.41, 5.74) is 0. The summed E-state index contributed by atoms with van der Waals surface area (Å²) >= 11 is 0. The van der Waals surface area contributed by atoms with Crippen molar-refractivity contribution in [2.75, 3.05) is 0 Å². The molecule has 0 unspecified atom stereocenters. The van der Waals surface area contributed by atoms with Crippen molar-refractivity contribution in [3.63, 3.8) is 0 Å². The fourth-order valence-corrected chi connectivity index (χ4v) is 0. The molecule has 0 saturated heterocycles. The van der Waals surface area contributed by atoms with E-state index < -0.39 is 20.8 Å². The molecule has 0 saturated carbocycles. The Morgan fingerprint density at radius 1 is 0.643 bits per heavy atom. The molecule has 0 amide bonds. The van der Waals surface area contributed by atoms with Crippen LogP contribution in [0, 0.1) is 0 Å². The minimum absolute atomic E-state index is 0. The van der Waals surface area contributed by atoms with Gasteiger partial charge in [-0.2, -0.15) is 0 Å². The first kappa shape index (κ1) is 36.2. The van der Waals surface area contributed by atoms with E-state index in [0.717, 1.165) is 0 Å². The molecule has 14 heteroatoms. The van der Waals surface area contributed by atoms with Gasteiger partial charge < -0.3 is 29.2 Å². The van der Waals surface area contributed by atoms with Crippen LogP contribution in [-0.4, -0.2) is 63.4 Å². The molecule has 4 N–H and O–H groups in total. The second-order valence-electron chi connectivity index (χ2n) is 0.816. The van der Waals surface area contributed by atoms with E-state index in [1.54, 1.807) is 0 Å². The molecule has 0 heterocycles. The summed E-state index contributed by atoms with van der Waals surface area (Å²) in [5.74, 6) is 0. The second-order valence-corrected chi connectivity index (χ2v) is 2.45. The maximum Gasteiger partial charge on any atom is 3.00 e. The topological polar surface area (TPSA) is 224 Å². The average Bonchev–Trinajstić information content (AvgIpc) is 1.12. The van der Waals surface area contributed by atoms with Crippen LogP contribution in [0.15, 0.2) is 0 Å². The van der Waals surface area contributed by atoms with Gasteiger partial charge in [-0.1, -0.05) is 0 Å². The quantitative estimate of drug-likeness (QED) is 0.234. The summed E-state index contributed by atoms with van der Waals surface area (Å²) in [7, 11) is -10.3. The molecule has 14 heavy (non-hydrogen) atoms. The van der Waals surface area contributed by atoms with Crippen molar-refractivity contribution in [3.8, 4) is 0 Å². The van der Waals surface area contributed by atoms with E-state index in [2.05, 4.69) is 0 Å². The van der Waals surface area contributed by atoms with E-state index >= 15 is 0 Å². The normalized spacial score (nSPS) is 8.29. The molecule has 0 fully saturated rings. The van der Waals surface area contributed by atoms with Crippen LogP contribution in [-0.2, 0) is 20.8 Å². The minimum atomic E-state index is -5.17. The Bertz CT molecular complexity index is 214. The standard InChI is InChI=1S/Al.Na.2H2O4S.2H2O/c;;2*1-5(2,3)4;;/h;;2*(H2,1,2,3,4);2*1H2/q+3;+1;;;;/p-4. The smallest absolute Gasteiger partial charge is 0.759 e. The Kier molecular flexibility index (Phi) is 36.7. The molecule has 0 aliphatic carbocycles. The molecule has 80 valence electrons. The van der Waals surface area contributed by atoms with Crippen LogP contribution in [0.4, 0.5) is 0 Å². The van der Waals surface area contributed by atoms with Gasteiger partial charge in [0.25, 0.3) is 0 Å². The zero-order chi connectivity index (χ0) is 9.00. The Labute approximate surface area is 113 Å². The SMILES string of the molecule is O.O.O=S(=O)([O-])[O-].O=S(=O)([O-])[O-].[Al+3].[Na+]. The third kappa shape index (κ3) is 1380. The molecular formula is H4AlNaO10S2. The summed E-state index contributed by atoms with van der Waals surface area (Å²) in [6.45, 7) is 0. The molecule has 0 aliphatic rings. The van der Waals surface area contributed by atoms with Gasteiger partial charge in [-0.3, -0.25) is 16.8 Å². The van der Waals surface area contributed by atoms with Gasteiger partial charge >= 0.3 is 46.9 Å². The zero-order valence-corrected chi connectivity index (χ0v) is 11.4. The molecular weight excluding hydrogens is 274 g/mol. The molecule has 10 nitrogen and oxygen atoms in total. The molecule has 0 atom stereocenters. The summed E-state index contributed by atoms with van der Waals surface area (Å²) in [5, 5.41) is 0. The van der Waals surface area contributed by atoms with E-state index in [1.807, 2.05) is 0 Å². The van der Waals surface area contributed by atoms with E-state index in [-0.39, 0.29) is 57.9 Å². The Morgan fingerprint density at radius 2 is 0.643 bits per heavy atom. The van der Waals surface area contributed by atoms with Crippen LogP contribution in [0.1, 0.15) is 0 Å². The van der Waals surface area contributed by atoms with Crippen LogP contribution in [0.25, 0.3) is 0 Å². The molecule has 0 spiro atoms. The Morgan fingerprint density at radius 3 is 0.643 bits per heavy atom. The largest absolute Gasteiger partial charge is 3.00 e. The molecule has 0 aromatic rings. The van der Waals surface area contributed by atoms with Crippen LogP contribution in [0.3, 0.4) is 0 Å². The van der Waals surface area contributed by atoms with Crippen LogP contribution in [0.5, 0.6) is 0 Å². The third-order valence-electron chi connectivity index (χ3n) is 0. The molecule has 0 bridgehead atoms. The predicted molar refractivity (Wildman–Crippen MR) is 33.9 cm³/mol. The first-order valence-electron chi connectivity index (χ1n) is 1.33. The Hall–Kier alpha value is 1.19. The summed E-state index contributed by atoms with van der Waals surface area (Å²) in [4.78, 5) is 0. The molecule has 0 aromatic carbocycles. The van der Waals surface area contributed by atoms with Crippen LogP contribution in [0.2, 0.25) is 0 Å². The molecule has 0 aliphatic heterocycles. The van der Waals surface area contributed by atoms with Gasteiger partial charge in [0.05, 0.1) is 0 Å². The molecule has 0 aromatic heterocycles. The maximum atomic E-state index is 8.52. The Balaban J connectivity index is -0.0000000178. The van der Waals surface area contributed by atoms with Crippen molar-refractivity contribution in [1.82, 2.24) is 0 Å².